The third-order valence-electron chi connectivity index (χ3n) is 1.96. The molecule has 0 aromatic heterocycles. The van der Waals surface area contributed by atoms with Crippen molar-refractivity contribution in [2.75, 3.05) is 7.11 Å². The molecule has 0 aliphatic heterocycles. The van der Waals surface area contributed by atoms with Crippen molar-refractivity contribution in [3.8, 4) is 5.75 Å². The minimum Gasteiger partial charge on any atom is -0.506 e. The Kier molecular flexibility index (Phi) is 3.94. The highest BCUT2D eigenvalue weighted by molar-refractivity contribution is 6.32. The second-order valence-electron chi connectivity index (χ2n) is 2.97. The van der Waals surface area contributed by atoms with E-state index in [4.69, 9.17) is 11.6 Å². The van der Waals surface area contributed by atoms with Gasteiger partial charge in [0.2, 0.25) is 0 Å². The zero-order chi connectivity index (χ0) is 11.4. The van der Waals surface area contributed by atoms with E-state index in [1.165, 1.54) is 19.2 Å². The molecule has 0 heterocycles. The van der Waals surface area contributed by atoms with Gasteiger partial charge in [0.1, 0.15) is 5.75 Å². The van der Waals surface area contributed by atoms with Gasteiger partial charge in [-0.05, 0) is 6.07 Å². The minimum absolute atomic E-state index is 0.136. The molecule has 0 amide bonds. The summed E-state index contributed by atoms with van der Waals surface area (Å²) in [6.07, 6.45) is -1.33. The van der Waals surface area contributed by atoms with Crippen LogP contribution in [0.1, 0.15) is 18.1 Å². The van der Waals surface area contributed by atoms with Crippen LogP contribution in [0.2, 0.25) is 5.02 Å². The summed E-state index contributed by atoms with van der Waals surface area (Å²) in [5.74, 6) is -0.766. The average molecular weight is 231 g/mol. The van der Waals surface area contributed by atoms with Crippen molar-refractivity contribution < 1.29 is 19.7 Å². The number of esters is 1. The summed E-state index contributed by atoms with van der Waals surface area (Å²) in [6.45, 7) is 0. The Balaban J connectivity index is 2.86. The van der Waals surface area contributed by atoms with E-state index >= 15 is 0 Å². The fourth-order valence-corrected chi connectivity index (χ4v) is 1.33. The third-order valence-corrected chi connectivity index (χ3v) is 2.27. The zero-order valence-electron chi connectivity index (χ0n) is 8.11. The number of halogens is 1. The molecule has 0 fully saturated rings. The molecule has 0 unspecified atom stereocenters. The lowest BCUT2D eigenvalue weighted by molar-refractivity contribution is -0.142. The van der Waals surface area contributed by atoms with E-state index in [2.05, 4.69) is 4.74 Å². The number of methoxy groups -OCH3 is 1. The van der Waals surface area contributed by atoms with E-state index in [1.807, 2.05) is 0 Å². The van der Waals surface area contributed by atoms with Crippen LogP contribution in [-0.2, 0) is 9.53 Å². The van der Waals surface area contributed by atoms with Gasteiger partial charge in [-0.1, -0.05) is 23.7 Å². The molecule has 0 bridgehead atoms. The molecule has 1 aromatic rings. The first-order chi connectivity index (χ1) is 7.06. The van der Waals surface area contributed by atoms with Crippen molar-refractivity contribution in [3.63, 3.8) is 0 Å². The number of aliphatic hydroxyl groups is 1. The van der Waals surface area contributed by atoms with E-state index in [0.29, 0.717) is 0 Å². The van der Waals surface area contributed by atoms with Crippen LogP contribution in [-0.4, -0.2) is 23.3 Å². The maximum Gasteiger partial charge on any atom is 0.308 e. The first kappa shape index (κ1) is 11.8. The Hall–Kier alpha value is -1.26. The van der Waals surface area contributed by atoms with Gasteiger partial charge in [-0.25, -0.2) is 0 Å². The number of benzene rings is 1. The molecular formula is C10H11ClO4. The Morgan fingerprint density at radius 1 is 1.60 bits per heavy atom. The van der Waals surface area contributed by atoms with E-state index in [-0.39, 0.29) is 22.8 Å². The van der Waals surface area contributed by atoms with E-state index < -0.39 is 12.1 Å². The number of hydrogen-bond acceptors (Lipinski definition) is 4. The standard InChI is InChI=1S/C10H11ClO4/c1-15-9(13)5-8(12)6-3-2-4-7(11)10(6)14/h2-4,8,12,14H,5H2,1H3/t8-/m1/s1. The second-order valence-corrected chi connectivity index (χ2v) is 3.38. The van der Waals surface area contributed by atoms with E-state index in [0.717, 1.165) is 0 Å². The van der Waals surface area contributed by atoms with Gasteiger partial charge in [-0.2, -0.15) is 0 Å². The predicted octanol–water partition coefficient (Wildman–Crippen LogP) is 1.64. The number of para-hydroxylation sites is 1. The third kappa shape index (κ3) is 2.84. The second kappa shape index (κ2) is 5.00. The van der Waals surface area contributed by atoms with Crippen LogP contribution >= 0.6 is 11.6 Å². The summed E-state index contributed by atoms with van der Waals surface area (Å²) >= 11 is 5.65. The van der Waals surface area contributed by atoms with Gasteiger partial charge in [0, 0.05) is 5.56 Å². The first-order valence-electron chi connectivity index (χ1n) is 4.28. The summed E-state index contributed by atoms with van der Waals surface area (Å²) in [6, 6.07) is 4.57. The number of aromatic hydroxyl groups is 1. The molecule has 15 heavy (non-hydrogen) atoms. The molecule has 1 atom stereocenters. The van der Waals surface area contributed by atoms with Crippen LogP contribution in [0.3, 0.4) is 0 Å². The summed E-state index contributed by atoms with van der Waals surface area (Å²) in [5.41, 5.74) is 0.216. The Labute approximate surface area is 92.1 Å². The number of hydrogen-bond donors (Lipinski definition) is 2. The van der Waals surface area contributed by atoms with Crippen LogP contribution in [0.5, 0.6) is 5.75 Å². The van der Waals surface area contributed by atoms with E-state index in [1.54, 1.807) is 6.07 Å². The molecule has 0 radical (unpaired) electrons. The van der Waals surface area contributed by atoms with Crippen molar-refractivity contribution in [2.24, 2.45) is 0 Å². The lowest BCUT2D eigenvalue weighted by Crippen LogP contribution is -2.08. The molecule has 1 rings (SSSR count). The van der Waals surface area contributed by atoms with Gasteiger partial charge in [-0.3, -0.25) is 4.79 Å². The van der Waals surface area contributed by atoms with Gasteiger partial charge in [0.25, 0.3) is 0 Å². The number of carbonyl (C=O) groups excluding carboxylic acids is 1. The summed E-state index contributed by atoms with van der Waals surface area (Å²) < 4.78 is 4.40. The molecule has 5 heteroatoms. The lowest BCUT2D eigenvalue weighted by Gasteiger charge is -2.11. The number of phenols is 1. The van der Waals surface area contributed by atoms with Crippen molar-refractivity contribution in [1.29, 1.82) is 0 Å². The molecule has 82 valence electrons. The summed E-state index contributed by atoms with van der Waals surface area (Å²) in [5, 5.41) is 19.3. The van der Waals surface area contributed by atoms with Crippen molar-refractivity contribution >= 4 is 17.6 Å². The van der Waals surface area contributed by atoms with Crippen LogP contribution < -0.4 is 0 Å². The number of phenolic OH excluding ortho intramolecular Hbond substituents is 1. The van der Waals surface area contributed by atoms with Crippen molar-refractivity contribution in [2.45, 2.75) is 12.5 Å². The number of carbonyl (C=O) groups is 1. The van der Waals surface area contributed by atoms with Crippen LogP contribution in [0, 0.1) is 0 Å². The van der Waals surface area contributed by atoms with Crippen LogP contribution in [0.4, 0.5) is 0 Å². The number of rotatable bonds is 3. The fraction of sp³-hybridized carbons (Fsp3) is 0.300. The van der Waals surface area contributed by atoms with Gasteiger partial charge in [0.15, 0.2) is 0 Å². The molecular weight excluding hydrogens is 220 g/mol. The van der Waals surface area contributed by atoms with Gasteiger partial charge >= 0.3 is 5.97 Å². The highest BCUT2D eigenvalue weighted by atomic mass is 35.5. The topological polar surface area (TPSA) is 66.8 Å². The van der Waals surface area contributed by atoms with Crippen molar-refractivity contribution in [3.05, 3.63) is 28.8 Å². The highest BCUT2D eigenvalue weighted by Crippen LogP contribution is 2.32. The largest absolute Gasteiger partial charge is 0.506 e. The van der Waals surface area contributed by atoms with Gasteiger partial charge in [0.05, 0.1) is 24.7 Å². The highest BCUT2D eigenvalue weighted by Gasteiger charge is 2.17. The lowest BCUT2D eigenvalue weighted by atomic mass is 10.1. The van der Waals surface area contributed by atoms with E-state index in [9.17, 15) is 15.0 Å². The zero-order valence-corrected chi connectivity index (χ0v) is 8.86. The molecule has 0 aliphatic rings. The quantitative estimate of drug-likeness (QED) is 0.775. The Bertz CT molecular complexity index is 364. The monoisotopic (exact) mass is 230 g/mol. The van der Waals surface area contributed by atoms with Gasteiger partial charge in [-0.15, -0.1) is 0 Å². The molecule has 0 saturated heterocycles. The average Bonchev–Trinajstić information content (AvgIpc) is 2.21. The number of aliphatic hydroxyl groups excluding tert-OH is 1. The SMILES string of the molecule is COC(=O)C[C@@H](O)c1cccc(Cl)c1O. The maximum atomic E-state index is 10.9. The molecule has 0 aliphatic carbocycles. The summed E-state index contributed by atoms with van der Waals surface area (Å²) in [4.78, 5) is 10.9. The smallest absolute Gasteiger partial charge is 0.308 e. The molecule has 0 saturated carbocycles. The fourth-order valence-electron chi connectivity index (χ4n) is 1.15. The predicted molar refractivity (Wildman–Crippen MR) is 54.7 cm³/mol. The van der Waals surface area contributed by atoms with Crippen molar-refractivity contribution in [1.82, 2.24) is 0 Å². The molecule has 2 N–H and O–H groups in total. The maximum absolute atomic E-state index is 10.9. The number of ether oxygens (including phenoxy) is 1. The van der Waals surface area contributed by atoms with Crippen LogP contribution in [0.25, 0.3) is 0 Å². The minimum atomic E-state index is -1.11. The Morgan fingerprint density at radius 3 is 2.87 bits per heavy atom. The summed E-state index contributed by atoms with van der Waals surface area (Å²) in [7, 11) is 1.23. The van der Waals surface area contributed by atoms with Gasteiger partial charge < -0.3 is 14.9 Å². The Morgan fingerprint density at radius 2 is 2.27 bits per heavy atom. The normalized spacial score (nSPS) is 12.2. The first-order valence-corrected chi connectivity index (χ1v) is 4.66. The van der Waals surface area contributed by atoms with Crippen LogP contribution in [0.15, 0.2) is 18.2 Å². The molecule has 1 aromatic carbocycles. The molecule has 4 nitrogen and oxygen atoms in total. The molecule has 0 spiro atoms.